The van der Waals surface area contributed by atoms with Gasteiger partial charge >= 0.3 is 5.97 Å². The Labute approximate surface area is 188 Å². The lowest BCUT2D eigenvalue weighted by Crippen LogP contribution is -2.20. The summed E-state index contributed by atoms with van der Waals surface area (Å²) in [4.78, 5) is 38.6. The van der Waals surface area contributed by atoms with Crippen molar-refractivity contribution in [3.8, 4) is 11.3 Å². The van der Waals surface area contributed by atoms with E-state index in [0.29, 0.717) is 10.7 Å². The minimum Gasteiger partial charge on any atom is -0.452 e. The number of nitrogens with one attached hydrogen (secondary N) is 1. The lowest BCUT2D eigenvalue weighted by molar-refractivity contribution is -0.384. The third kappa shape index (κ3) is 5.86. The summed E-state index contributed by atoms with van der Waals surface area (Å²) < 4.78 is 4.93. The highest BCUT2D eigenvalue weighted by Crippen LogP contribution is 2.31. The number of nitrogens with zero attached hydrogens (tertiary/aromatic N) is 2. The summed E-state index contributed by atoms with van der Waals surface area (Å²) in [5.74, 6) is -1.20. The molecule has 0 fully saturated rings. The van der Waals surface area contributed by atoms with E-state index in [4.69, 9.17) is 4.74 Å². The molecule has 164 valence electrons. The average molecular weight is 452 g/mol. The van der Waals surface area contributed by atoms with Crippen molar-refractivity contribution in [1.82, 2.24) is 4.98 Å². The largest absolute Gasteiger partial charge is 0.452 e. The van der Waals surface area contributed by atoms with Gasteiger partial charge in [0, 0.05) is 29.2 Å². The Morgan fingerprint density at radius 1 is 1.16 bits per heavy atom. The second-order valence-electron chi connectivity index (χ2n) is 7.15. The van der Waals surface area contributed by atoms with E-state index in [9.17, 15) is 19.7 Å². The number of aromatic nitrogens is 1. The van der Waals surface area contributed by atoms with E-state index in [1.54, 1.807) is 0 Å². The van der Waals surface area contributed by atoms with E-state index < -0.39 is 23.4 Å². The number of benzene rings is 2. The summed E-state index contributed by atoms with van der Waals surface area (Å²) in [5.41, 5.74) is 5.77. The minimum atomic E-state index is -0.704. The van der Waals surface area contributed by atoms with Gasteiger partial charge in [-0.25, -0.2) is 9.78 Å². The molecule has 32 heavy (non-hydrogen) atoms. The normalized spacial score (nSPS) is 10.8. The highest BCUT2D eigenvalue weighted by atomic mass is 32.1. The first-order valence-electron chi connectivity index (χ1n) is 9.66. The Morgan fingerprint density at radius 3 is 2.44 bits per heavy atom. The molecule has 8 nitrogen and oxygen atoms in total. The number of amides is 1. The summed E-state index contributed by atoms with van der Waals surface area (Å²) in [6, 6.07) is 9.85. The zero-order valence-electron chi connectivity index (χ0n) is 17.7. The van der Waals surface area contributed by atoms with Crippen molar-refractivity contribution >= 4 is 40.1 Å². The third-order valence-corrected chi connectivity index (χ3v) is 5.30. The fraction of sp³-hybridized carbons (Fsp3) is 0.174. The molecule has 0 bridgehead atoms. The molecule has 9 heteroatoms. The van der Waals surface area contributed by atoms with Gasteiger partial charge in [0.25, 0.3) is 11.6 Å². The molecule has 3 rings (SSSR count). The molecule has 1 amide bonds. The number of carbonyl (C=O) groups excluding carboxylic acids is 2. The number of nitro benzene ring substituents is 1. The molecule has 0 unspecified atom stereocenters. The Kier molecular flexibility index (Phi) is 7.11. The number of hydrogen-bond acceptors (Lipinski definition) is 7. The standard InChI is InChI=1S/C23H21N3O5S/c1-14-10-15(2)22(16(3)11-14)19-13-32-23(24-19)25-20(27)12-31-21(28)9-6-17-4-7-18(8-5-17)26(29)30/h4-11,13H,12H2,1-3H3,(H,24,25,27)/b9-6+. The zero-order chi connectivity index (χ0) is 23.3. The fourth-order valence-corrected chi connectivity index (χ4v) is 3.96. The molecular formula is C23H21N3O5S. The van der Waals surface area contributed by atoms with Crippen LogP contribution in [-0.2, 0) is 14.3 Å². The number of hydrogen-bond donors (Lipinski definition) is 1. The number of thiazole rings is 1. The topological polar surface area (TPSA) is 111 Å². The van der Waals surface area contributed by atoms with E-state index in [0.717, 1.165) is 28.5 Å². The zero-order valence-corrected chi connectivity index (χ0v) is 18.6. The molecule has 0 aliphatic carbocycles. The van der Waals surface area contributed by atoms with Gasteiger partial charge in [-0.05, 0) is 55.7 Å². The van der Waals surface area contributed by atoms with E-state index in [1.807, 2.05) is 26.2 Å². The maximum absolute atomic E-state index is 12.1. The van der Waals surface area contributed by atoms with Crippen LogP contribution in [0.3, 0.4) is 0 Å². The summed E-state index contributed by atoms with van der Waals surface area (Å²) in [6.07, 6.45) is 2.60. The molecule has 3 aromatic rings. The highest BCUT2D eigenvalue weighted by Gasteiger charge is 2.13. The maximum atomic E-state index is 12.1. The predicted molar refractivity (Wildman–Crippen MR) is 123 cm³/mol. The molecule has 2 aromatic carbocycles. The van der Waals surface area contributed by atoms with Crippen LogP contribution in [0.5, 0.6) is 0 Å². The van der Waals surface area contributed by atoms with Gasteiger partial charge in [0.2, 0.25) is 0 Å². The van der Waals surface area contributed by atoms with E-state index in [1.165, 1.54) is 47.2 Å². The monoisotopic (exact) mass is 451 g/mol. The van der Waals surface area contributed by atoms with Crippen molar-refractivity contribution < 1.29 is 19.2 Å². The van der Waals surface area contributed by atoms with Crippen molar-refractivity contribution in [2.75, 3.05) is 11.9 Å². The van der Waals surface area contributed by atoms with Crippen LogP contribution >= 0.6 is 11.3 Å². The van der Waals surface area contributed by atoms with Gasteiger partial charge < -0.3 is 4.74 Å². The van der Waals surface area contributed by atoms with Crippen LogP contribution in [0.1, 0.15) is 22.3 Å². The van der Waals surface area contributed by atoms with Gasteiger partial charge in [-0.1, -0.05) is 17.7 Å². The van der Waals surface area contributed by atoms with Gasteiger partial charge in [-0.15, -0.1) is 11.3 Å². The Bertz CT molecular complexity index is 1180. The summed E-state index contributed by atoms with van der Waals surface area (Å²) in [6.45, 7) is 5.63. The van der Waals surface area contributed by atoms with Crippen LogP contribution < -0.4 is 5.32 Å². The highest BCUT2D eigenvalue weighted by molar-refractivity contribution is 7.14. The van der Waals surface area contributed by atoms with Crippen molar-refractivity contribution in [3.05, 3.63) is 80.2 Å². The van der Waals surface area contributed by atoms with Gasteiger partial charge in [-0.3, -0.25) is 20.2 Å². The van der Waals surface area contributed by atoms with Crippen LogP contribution in [0.4, 0.5) is 10.8 Å². The van der Waals surface area contributed by atoms with Gasteiger partial charge in [0.15, 0.2) is 11.7 Å². The number of anilines is 1. The number of rotatable bonds is 7. The Balaban J connectivity index is 1.53. The van der Waals surface area contributed by atoms with Crippen molar-refractivity contribution in [2.24, 2.45) is 0 Å². The summed E-state index contributed by atoms with van der Waals surface area (Å²) in [7, 11) is 0. The molecule has 0 saturated carbocycles. The minimum absolute atomic E-state index is 0.0422. The van der Waals surface area contributed by atoms with Crippen molar-refractivity contribution in [2.45, 2.75) is 20.8 Å². The van der Waals surface area contributed by atoms with E-state index in [2.05, 4.69) is 22.4 Å². The molecular weight excluding hydrogens is 430 g/mol. The number of aryl methyl sites for hydroxylation is 3. The Hall–Kier alpha value is -3.85. The van der Waals surface area contributed by atoms with Crippen LogP contribution in [0.15, 0.2) is 47.9 Å². The SMILES string of the molecule is Cc1cc(C)c(-c2csc(NC(=O)COC(=O)/C=C/c3ccc([N+](=O)[O-])cc3)n2)c(C)c1. The van der Waals surface area contributed by atoms with E-state index in [-0.39, 0.29) is 5.69 Å². The summed E-state index contributed by atoms with van der Waals surface area (Å²) in [5, 5.41) is 15.6. The fourth-order valence-electron chi connectivity index (χ4n) is 3.24. The molecule has 0 aliphatic heterocycles. The van der Waals surface area contributed by atoms with E-state index >= 15 is 0 Å². The molecule has 1 N–H and O–H groups in total. The van der Waals surface area contributed by atoms with Gasteiger partial charge in [0.05, 0.1) is 10.6 Å². The van der Waals surface area contributed by atoms with Gasteiger partial charge in [-0.2, -0.15) is 0 Å². The Morgan fingerprint density at radius 2 is 1.81 bits per heavy atom. The van der Waals surface area contributed by atoms with Crippen LogP contribution in [0.2, 0.25) is 0 Å². The van der Waals surface area contributed by atoms with Crippen LogP contribution in [0, 0.1) is 30.9 Å². The number of ether oxygens (including phenoxy) is 1. The lowest BCUT2D eigenvalue weighted by Gasteiger charge is -2.08. The second-order valence-corrected chi connectivity index (χ2v) is 8.01. The van der Waals surface area contributed by atoms with Crippen molar-refractivity contribution in [3.63, 3.8) is 0 Å². The molecule has 1 aromatic heterocycles. The molecule has 0 aliphatic rings. The predicted octanol–water partition coefficient (Wildman–Crippen LogP) is 4.84. The first-order chi connectivity index (χ1) is 15.2. The van der Waals surface area contributed by atoms with Gasteiger partial charge in [0.1, 0.15) is 0 Å². The molecule has 0 atom stereocenters. The molecule has 0 radical (unpaired) electrons. The molecule has 1 heterocycles. The third-order valence-electron chi connectivity index (χ3n) is 4.55. The van der Waals surface area contributed by atoms with Crippen LogP contribution in [0.25, 0.3) is 17.3 Å². The smallest absolute Gasteiger partial charge is 0.331 e. The lowest BCUT2D eigenvalue weighted by atomic mass is 9.98. The first-order valence-corrected chi connectivity index (χ1v) is 10.5. The molecule has 0 saturated heterocycles. The van der Waals surface area contributed by atoms with Crippen molar-refractivity contribution in [1.29, 1.82) is 0 Å². The second kappa shape index (κ2) is 9.97. The molecule has 0 spiro atoms. The maximum Gasteiger partial charge on any atom is 0.331 e. The average Bonchev–Trinajstić information content (AvgIpc) is 3.18. The number of carbonyl (C=O) groups is 2. The first kappa shape index (κ1) is 22.8. The number of nitro groups is 1. The summed E-state index contributed by atoms with van der Waals surface area (Å²) >= 11 is 1.29. The number of non-ortho nitro benzene ring substituents is 1. The quantitative estimate of drug-likeness (QED) is 0.238. The van der Waals surface area contributed by atoms with Crippen LogP contribution in [-0.4, -0.2) is 28.4 Å². The number of esters is 1.